The summed E-state index contributed by atoms with van der Waals surface area (Å²) in [6.45, 7) is 0. The number of aryl methyl sites for hydroxylation is 1. The molecule has 0 saturated carbocycles. The number of phenols is 1. The van der Waals surface area contributed by atoms with E-state index >= 15 is 0 Å². The highest BCUT2D eigenvalue weighted by atomic mass is 16.3. The predicted molar refractivity (Wildman–Crippen MR) is 144 cm³/mol. The van der Waals surface area contributed by atoms with Crippen molar-refractivity contribution in [1.82, 2.24) is 19.5 Å². The van der Waals surface area contributed by atoms with Crippen molar-refractivity contribution >= 4 is 28.2 Å². The second-order valence-electron chi connectivity index (χ2n) is 8.47. The molecule has 6 heteroatoms. The zero-order valence-electron chi connectivity index (χ0n) is 19.7. The summed E-state index contributed by atoms with van der Waals surface area (Å²) in [7, 11) is 1.98. The lowest BCUT2D eigenvalue weighted by Crippen LogP contribution is -2.11. The van der Waals surface area contributed by atoms with E-state index in [0.717, 1.165) is 45.2 Å². The Balaban J connectivity index is 1.51. The van der Waals surface area contributed by atoms with Gasteiger partial charge in [-0.25, -0.2) is 15.0 Å². The molecule has 0 amide bonds. The van der Waals surface area contributed by atoms with E-state index in [0.29, 0.717) is 5.56 Å². The molecular formula is C30H23N5O. The van der Waals surface area contributed by atoms with Crippen molar-refractivity contribution < 1.29 is 5.11 Å². The van der Waals surface area contributed by atoms with Gasteiger partial charge in [0.1, 0.15) is 23.7 Å². The number of nitrogens with zero attached hydrogens (tertiary/aromatic N) is 5. The Bertz CT molecular complexity index is 1620. The Kier molecular flexibility index (Phi) is 5.39. The van der Waals surface area contributed by atoms with Crippen LogP contribution in [0.4, 0.5) is 17.2 Å². The van der Waals surface area contributed by atoms with Crippen LogP contribution in [0.15, 0.2) is 116 Å². The van der Waals surface area contributed by atoms with E-state index in [1.165, 1.54) is 0 Å². The van der Waals surface area contributed by atoms with Gasteiger partial charge in [-0.1, -0.05) is 54.6 Å². The van der Waals surface area contributed by atoms with Gasteiger partial charge in [0.15, 0.2) is 0 Å². The third-order valence-corrected chi connectivity index (χ3v) is 6.28. The largest absolute Gasteiger partial charge is 0.507 e. The van der Waals surface area contributed by atoms with Gasteiger partial charge in [0.25, 0.3) is 0 Å². The predicted octanol–water partition coefficient (Wildman–Crippen LogP) is 6.87. The molecule has 4 aromatic carbocycles. The van der Waals surface area contributed by atoms with Crippen molar-refractivity contribution in [2.75, 3.05) is 4.90 Å². The average molecular weight is 470 g/mol. The summed E-state index contributed by atoms with van der Waals surface area (Å²) in [5.74, 6) is 1.72. The zero-order valence-corrected chi connectivity index (χ0v) is 19.7. The number of aromatic hydroxyl groups is 1. The van der Waals surface area contributed by atoms with Crippen LogP contribution in [0.3, 0.4) is 0 Å². The molecule has 6 nitrogen and oxygen atoms in total. The molecular weight excluding hydrogens is 446 g/mol. The first-order valence-electron chi connectivity index (χ1n) is 11.7. The molecule has 0 radical (unpaired) electrons. The second kappa shape index (κ2) is 9.00. The first-order chi connectivity index (χ1) is 17.7. The summed E-state index contributed by atoms with van der Waals surface area (Å²) in [5, 5.41) is 10.4. The molecule has 6 rings (SSSR count). The fourth-order valence-electron chi connectivity index (χ4n) is 4.57. The quantitative estimate of drug-likeness (QED) is 0.298. The van der Waals surface area contributed by atoms with Crippen LogP contribution in [0.25, 0.3) is 33.5 Å². The molecule has 0 fully saturated rings. The first kappa shape index (κ1) is 21.6. The molecule has 0 aliphatic heterocycles. The van der Waals surface area contributed by atoms with Crippen molar-refractivity contribution in [1.29, 1.82) is 0 Å². The first-order valence-corrected chi connectivity index (χ1v) is 11.7. The van der Waals surface area contributed by atoms with Gasteiger partial charge in [0, 0.05) is 30.2 Å². The smallest absolute Gasteiger partial charge is 0.144 e. The van der Waals surface area contributed by atoms with Crippen LogP contribution in [0.2, 0.25) is 0 Å². The molecule has 6 aromatic rings. The summed E-state index contributed by atoms with van der Waals surface area (Å²) in [6.07, 6.45) is 3.31. The number of fused-ring (bicyclic) bond motifs is 1. The van der Waals surface area contributed by atoms with E-state index in [4.69, 9.17) is 4.98 Å². The molecule has 2 heterocycles. The van der Waals surface area contributed by atoms with E-state index < -0.39 is 0 Å². The molecule has 2 aromatic heterocycles. The fourth-order valence-corrected chi connectivity index (χ4v) is 4.57. The van der Waals surface area contributed by atoms with E-state index in [1.807, 2.05) is 66.2 Å². The molecule has 0 saturated heterocycles. The number of aromatic nitrogens is 4. The van der Waals surface area contributed by atoms with Gasteiger partial charge in [0.05, 0.1) is 16.6 Å². The number of hydrogen-bond donors (Lipinski definition) is 1. The van der Waals surface area contributed by atoms with Gasteiger partial charge in [-0.15, -0.1) is 0 Å². The lowest BCUT2D eigenvalue weighted by molar-refractivity contribution is 0.476. The minimum absolute atomic E-state index is 0.211. The third-order valence-electron chi connectivity index (χ3n) is 6.28. The molecule has 0 atom stereocenters. The molecule has 1 N–H and O–H groups in total. The van der Waals surface area contributed by atoms with Crippen LogP contribution in [0.1, 0.15) is 0 Å². The van der Waals surface area contributed by atoms with Crippen molar-refractivity contribution in [3.63, 3.8) is 0 Å². The van der Waals surface area contributed by atoms with Crippen molar-refractivity contribution in [2.24, 2.45) is 7.05 Å². The number of phenolic OH excluding ortho intramolecular Hbond substituents is 1. The topological polar surface area (TPSA) is 67.1 Å². The molecule has 36 heavy (non-hydrogen) atoms. The Hall–Kier alpha value is -4.97. The Morgan fingerprint density at radius 1 is 0.750 bits per heavy atom. The van der Waals surface area contributed by atoms with Gasteiger partial charge < -0.3 is 9.67 Å². The number of anilines is 3. The van der Waals surface area contributed by atoms with Crippen LogP contribution in [0.5, 0.6) is 5.75 Å². The minimum Gasteiger partial charge on any atom is -0.507 e. The maximum atomic E-state index is 10.4. The third kappa shape index (κ3) is 3.75. The lowest BCUT2D eigenvalue weighted by Gasteiger charge is -2.24. The lowest BCUT2D eigenvalue weighted by atomic mass is 10.0. The molecule has 174 valence electrons. The van der Waals surface area contributed by atoms with Gasteiger partial charge in [-0.3, -0.25) is 4.90 Å². The van der Waals surface area contributed by atoms with Gasteiger partial charge in [0.2, 0.25) is 0 Å². The Labute approximate surface area is 208 Å². The van der Waals surface area contributed by atoms with Crippen molar-refractivity contribution in [2.45, 2.75) is 0 Å². The number of imidazole rings is 1. The highest BCUT2D eigenvalue weighted by molar-refractivity contribution is 5.95. The molecule has 0 aliphatic rings. The second-order valence-corrected chi connectivity index (χ2v) is 8.47. The molecule has 0 spiro atoms. The van der Waals surface area contributed by atoms with E-state index in [9.17, 15) is 5.11 Å². The standard InChI is InChI=1S/C30H23N5O/c1-34-26-15-8-14-24(29(26)33-30(34)25-13-5-6-16-27(25)36)21-9-7-12-23(19-21)35(22-10-3-2-4-11-22)28-17-18-31-20-32-28/h2-20,36H,1H3. The zero-order chi connectivity index (χ0) is 24.5. The highest BCUT2D eigenvalue weighted by Crippen LogP contribution is 2.38. The van der Waals surface area contributed by atoms with Crippen LogP contribution >= 0.6 is 0 Å². The summed E-state index contributed by atoms with van der Waals surface area (Å²) < 4.78 is 2.02. The van der Waals surface area contributed by atoms with Crippen molar-refractivity contribution in [3.05, 3.63) is 116 Å². The molecule has 0 bridgehead atoms. The van der Waals surface area contributed by atoms with Crippen molar-refractivity contribution in [3.8, 4) is 28.3 Å². The van der Waals surface area contributed by atoms with Gasteiger partial charge in [-0.2, -0.15) is 0 Å². The minimum atomic E-state index is 0.211. The summed E-state index contributed by atoms with van der Waals surface area (Å²) in [5.41, 5.74) is 6.61. The van der Waals surface area contributed by atoms with Gasteiger partial charge in [-0.05, 0) is 54.1 Å². The van der Waals surface area contributed by atoms with E-state index in [-0.39, 0.29) is 5.75 Å². The molecule has 0 unspecified atom stereocenters. The maximum absolute atomic E-state index is 10.4. The maximum Gasteiger partial charge on any atom is 0.144 e. The number of hydrogen-bond acceptors (Lipinski definition) is 5. The summed E-state index contributed by atoms with van der Waals surface area (Å²) in [6, 6.07) is 33.9. The monoisotopic (exact) mass is 469 g/mol. The highest BCUT2D eigenvalue weighted by Gasteiger charge is 2.18. The van der Waals surface area contributed by atoms with Crippen LogP contribution in [-0.2, 0) is 7.05 Å². The van der Waals surface area contributed by atoms with E-state index in [1.54, 1.807) is 18.6 Å². The normalized spacial score (nSPS) is 11.0. The van der Waals surface area contributed by atoms with Crippen LogP contribution in [0, 0.1) is 0 Å². The number of benzene rings is 4. The Morgan fingerprint density at radius 2 is 1.50 bits per heavy atom. The van der Waals surface area contributed by atoms with E-state index in [2.05, 4.69) is 57.3 Å². The average Bonchev–Trinajstić information content (AvgIpc) is 3.27. The van der Waals surface area contributed by atoms with Gasteiger partial charge >= 0.3 is 0 Å². The Morgan fingerprint density at radius 3 is 2.31 bits per heavy atom. The fraction of sp³-hybridized carbons (Fsp3) is 0.0333. The van der Waals surface area contributed by atoms with Crippen LogP contribution in [-0.4, -0.2) is 24.6 Å². The van der Waals surface area contributed by atoms with Crippen LogP contribution < -0.4 is 4.90 Å². The summed E-state index contributed by atoms with van der Waals surface area (Å²) in [4.78, 5) is 15.7. The SMILES string of the molecule is Cn1c(-c2ccccc2O)nc2c(-c3cccc(N(c4ccccc4)c4ccncn4)c3)cccc21. The summed E-state index contributed by atoms with van der Waals surface area (Å²) >= 11 is 0. The number of rotatable bonds is 5. The molecule has 0 aliphatic carbocycles. The number of para-hydroxylation sites is 3.